The monoisotopic (exact) mass is 497 g/mol. The standard InChI is InChI=1S/C22H26F3N5O3S/c1-34(32,33)29-22-27-11-15(20(28-22)13-2-3-13)21(31)30-6-4-12(5-7-30)19(26)9-14-8-17(24)18(25)10-16(14)23/h8,10-13,19H,2-7,9,26H2,1H3,(H,27,28,29)/t19-/m1/s1. The molecular formula is C22H26F3N5O3S. The van der Waals surface area contributed by atoms with E-state index in [1.165, 1.54) is 6.20 Å². The maximum atomic E-state index is 14.0. The lowest BCUT2D eigenvalue weighted by molar-refractivity contribution is 0.0676. The lowest BCUT2D eigenvalue weighted by Gasteiger charge is -2.35. The Bertz CT molecular complexity index is 1200. The number of nitrogens with zero attached hydrogens (tertiary/aromatic N) is 3. The number of rotatable bonds is 7. The van der Waals surface area contributed by atoms with Crippen LogP contribution in [0.1, 0.15) is 53.2 Å². The SMILES string of the molecule is CS(=O)(=O)Nc1ncc(C(=O)N2CCC([C@H](N)Cc3cc(F)c(F)cc3F)CC2)c(C2CC2)n1. The van der Waals surface area contributed by atoms with Crippen LogP contribution in [0.15, 0.2) is 18.3 Å². The van der Waals surface area contributed by atoms with Crippen LogP contribution in [0.5, 0.6) is 0 Å². The van der Waals surface area contributed by atoms with Gasteiger partial charge < -0.3 is 10.6 Å². The minimum atomic E-state index is -3.54. The summed E-state index contributed by atoms with van der Waals surface area (Å²) in [5.41, 5.74) is 7.17. The van der Waals surface area contributed by atoms with Gasteiger partial charge in [-0.2, -0.15) is 0 Å². The molecule has 8 nitrogen and oxygen atoms in total. The third-order valence-electron chi connectivity index (χ3n) is 6.27. The number of carbonyl (C=O) groups excluding carboxylic acids is 1. The first-order chi connectivity index (χ1) is 16.0. The highest BCUT2D eigenvalue weighted by molar-refractivity contribution is 7.91. The highest BCUT2D eigenvalue weighted by Gasteiger charge is 2.34. The summed E-state index contributed by atoms with van der Waals surface area (Å²) in [5.74, 6) is -3.40. The Morgan fingerprint density at radius 2 is 1.79 bits per heavy atom. The number of anilines is 1. The average molecular weight is 498 g/mol. The zero-order chi connectivity index (χ0) is 24.6. The van der Waals surface area contributed by atoms with E-state index < -0.39 is 33.5 Å². The average Bonchev–Trinajstić information content (AvgIpc) is 3.61. The Hall–Kier alpha value is -2.73. The minimum absolute atomic E-state index is 0.0166. The first kappa shape index (κ1) is 24.4. The number of hydrogen-bond donors (Lipinski definition) is 2. The summed E-state index contributed by atoms with van der Waals surface area (Å²) >= 11 is 0. The first-order valence-corrected chi connectivity index (χ1v) is 12.9. The molecule has 4 rings (SSSR count). The second-order valence-electron chi connectivity index (χ2n) is 9.00. The molecule has 0 radical (unpaired) electrons. The van der Waals surface area contributed by atoms with Gasteiger partial charge in [-0.15, -0.1) is 0 Å². The van der Waals surface area contributed by atoms with Crippen LogP contribution in [-0.2, 0) is 16.4 Å². The number of benzene rings is 1. The number of amides is 1. The molecule has 1 atom stereocenters. The highest BCUT2D eigenvalue weighted by atomic mass is 32.2. The van der Waals surface area contributed by atoms with Crippen LogP contribution >= 0.6 is 0 Å². The lowest BCUT2D eigenvalue weighted by Crippen LogP contribution is -2.44. The van der Waals surface area contributed by atoms with Gasteiger partial charge in [0.25, 0.3) is 5.91 Å². The van der Waals surface area contributed by atoms with Crippen molar-refractivity contribution < 1.29 is 26.4 Å². The van der Waals surface area contributed by atoms with E-state index in [9.17, 15) is 26.4 Å². The molecule has 0 spiro atoms. The van der Waals surface area contributed by atoms with Crippen molar-refractivity contribution in [3.8, 4) is 0 Å². The highest BCUT2D eigenvalue weighted by Crippen LogP contribution is 2.41. The lowest BCUT2D eigenvalue weighted by atomic mass is 9.86. The number of hydrogen-bond acceptors (Lipinski definition) is 6. The van der Waals surface area contributed by atoms with Gasteiger partial charge in [0.05, 0.1) is 17.5 Å². The molecule has 1 aromatic heterocycles. The molecule has 2 heterocycles. The van der Waals surface area contributed by atoms with Crippen molar-refractivity contribution in [2.24, 2.45) is 11.7 Å². The summed E-state index contributed by atoms with van der Waals surface area (Å²) in [4.78, 5) is 23.1. The Labute approximate surface area is 195 Å². The van der Waals surface area contributed by atoms with Crippen LogP contribution in [0.4, 0.5) is 19.1 Å². The van der Waals surface area contributed by atoms with E-state index in [2.05, 4.69) is 14.7 Å². The molecule has 1 amide bonds. The van der Waals surface area contributed by atoms with Crippen molar-refractivity contribution in [2.75, 3.05) is 24.1 Å². The van der Waals surface area contributed by atoms with E-state index in [1.807, 2.05) is 0 Å². The number of sulfonamides is 1. The van der Waals surface area contributed by atoms with Gasteiger partial charge in [0.15, 0.2) is 11.6 Å². The van der Waals surface area contributed by atoms with Crippen LogP contribution in [0.3, 0.4) is 0 Å². The number of halogens is 3. The summed E-state index contributed by atoms with van der Waals surface area (Å²) in [7, 11) is -3.54. The third-order valence-corrected chi connectivity index (χ3v) is 6.82. The van der Waals surface area contributed by atoms with Gasteiger partial charge in [0.1, 0.15) is 5.82 Å². The Morgan fingerprint density at radius 1 is 1.15 bits per heavy atom. The topological polar surface area (TPSA) is 118 Å². The van der Waals surface area contributed by atoms with Gasteiger partial charge in [0.2, 0.25) is 16.0 Å². The third kappa shape index (κ3) is 5.66. The van der Waals surface area contributed by atoms with E-state index in [0.29, 0.717) is 43.3 Å². The molecule has 2 aliphatic rings. The number of nitrogens with one attached hydrogen (secondary N) is 1. The quantitative estimate of drug-likeness (QED) is 0.568. The molecule has 2 aromatic rings. The summed E-state index contributed by atoms with van der Waals surface area (Å²) in [6, 6.07) is 0.892. The normalized spacial score (nSPS) is 18.1. The summed E-state index contributed by atoms with van der Waals surface area (Å²) in [6.45, 7) is 0.843. The fourth-order valence-electron chi connectivity index (χ4n) is 4.28. The molecule has 1 aromatic carbocycles. The number of nitrogens with two attached hydrogens (primary N) is 1. The zero-order valence-corrected chi connectivity index (χ0v) is 19.4. The van der Waals surface area contributed by atoms with E-state index in [4.69, 9.17) is 5.73 Å². The molecule has 1 aliphatic carbocycles. The first-order valence-electron chi connectivity index (χ1n) is 11.0. The summed E-state index contributed by atoms with van der Waals surface area (Å²) < 4.78 is 65.8. The van der Waals surface area contributed by atoms with E-state index >= 15 is 0 Å². The largest absolute Gasteiger partial charge is 0.339 e. The van der Waals surface area contributed by atoms with Crippen LogP contribution < -0.4 is 10.5 Å². The maximum Gasteiger partial charge on any atom is 0.257 e. The van der Waals surface area contributed by atoms with E-state index in [-0.39, 0.29) is 35.7 Å². The van der Waals surface area contributed by atoms with Gasteiger partial charge >= 0.3 is 0 Å². The van der Waals surface area contributed by atoms with E-state index in [0.717, 1.165) is 25.2 Å². The van der Waals surface area contributed by atoms with Crippen LogP contribution in [0.25, 0.3) is 0 Å². The fourth-order valence-corrected chi connectivity index (χ4v) is 4.71. The van der Waals surface area contributed by atoms with Gasteiger partial charge in [-0.25, -0.2) is 31.6 Å². The Kier molecular flexibility index (Phi) is 6.81. The molecule has 1 aliphatic heterocycles. The van der Waals surface area contributed by atoms with Gasteiger partial charge in [-0.1, -0.05) is 0 Å². The molecular weight excluding hydrogens is 471 g/mol. The molecule has 0 bridgehead atoms. The fraction of sp³-hybridized carbons (Fsp3) is 0.500. The zero-order valence-electron chi connectivity index (χ0n) is 18.6. The molecule has 184 valence electrons. The van der Waals surface area contributed by atoms with Crippen LogP contribution in [-0.4, -0.2) is 54.6 Å². The Morgan fingerprint density at radius 3 is 2.41 bits per heavy atom. The molecule has 3 N–H and O–H groups in total. The molecule has 12 heteroatoms. The van der Waals surface area contributed by atoms with Crippen molar-refractivity contribution in [2.45, 2.75) is 44.1 Å². The minimum Gasteiger partial charge on any atom is -0.339 e. The Balaban J connectivity index is 1.40. The molecule has 1 saturated heterocycles. The smallest absolute Gasteiger partial charge is 0.257 e. The molecule has 2 fully saturated rings. The second-order valence-corrected chi connectivity index (χ2v) is 10.7. The summed E-state index contributed by atoms with van der Waals surface area (Å²) in [6.07, 6.45) is 5.32. The van der Waals surface area contributed by atoms with E-state index in [1.54, 1.807) is 4.90 Å². The van der Waals surface area contributed by atoms with Crippen molar-refractivity contribution in [1.82, 2.24) is 14.9 Å². The maximum absolute atomic E-state index is 14.0. The number of aromatic nitrogens is 2. The van der Waals surface area contributed by atoms with Crippen molar-refractivity contribution in [3.63, 3.8) is 0 Å². The predicted octanol–water partition coefficient (Wildman–Crippen LogP) is 2.57. The number of carbonyl (C=O) groups is 1. The van der Waals surface area contributed by atoms with Crippen molar-refractivity contribution >= 4 is 21.9 Å². The summed E-state index contributed by atoms with van der Waals surface area (Å²) in [5, 5.41) is 0. The predicted molar refractivity (Wildman–Crippen MR) is 119 cm³/mol. The molecule has 0 unspecified atom stereocenters. The number of piperidine rings is 1. The van der Waals surface area contributed by atoms with Crippen molar-refractivity contribution in [3.05, 3.63) is 52.6 Å². The second kappa shape index (κ2) is 9.49. The van der Waals surface area contributed by atoms with Crippen LogP contribution in [0, 0.1) is 23.4 Å². The van der Waals surface area contributed by atoms with Crippen molar-refractivity contribution in [1.29, 1.82) is 0 Å². The molecule has 1 saturated carbocycles. The van der Waals surface area contributed by atoms with Gasteiger partial charge in [-0.05, 0) is 49.7 Å². The number of likely N-dealkylation sites (tertiary alicyclic amines) is 1. The van der Waals surface area contributed by atoms with Crippen LogP contribution in [0.2, 0.25) is 0 Å². The van der Waals surface area contributed by atoms with Gasteiger partial charge in [0, 0.05) is 37.3 Å². The molecule has 34 heavy (non-hydrogen) atoms. The van der Waals surface area contributed by atoms with Gasteiger partial charge in [-0.3, -0.25) is 9.52 Å².